The minimum absolute atomic E-state index is 0.0762. The molecule has 1 amide bonds. The van der Waals surface area contributed by atoms with Gasteiger partial charge in [0.2, 0.25) is 0 Å². The third kappa shape index (κ3) is 4.06. The van der Waals surface area contributed by atoms with E-state index >= 15 is 0 Å². The molecule has 8 nitrogen and oxygen atoms in total. The number of carbonyl (C=O) groups excluding carboxylic acids is 1. The van der Waals surface area contributed by atoms with Crippen LogP contribution in [0.15, 0.2) is 53.3 Å². The summed E-state index contributed by atoms with van der Waals surface area (Å²) in [4.78, 5) is 23.2. The highest BCUT2D eigenvalue weighted by molar-refractivity contribution is 5.91. The highest BCUT2D eigenvalue weighted by Crippen LogP contribution is 2.24. The normalized spacial score (nSPS) is 14.1. The van der Waals surface area contributed by atoms with E-state index in [2.05, 4.69) is 41.1 Å². The van der Waals surface area contributed by atoms with Crippen molar-refractivity contribution < 1.29 is 9.21 Å². The van der Waals surface area contributed by atoms with Crippen molar-refractivity contribution in [1.29, 1.82) is 0 Å². The predicted octanol–water partition coefficient (Wildman–Crippen LogP) is 2.89. The lowest BCUT2D eigenvalue weighted by Crippen LogP contribution is -2.49. The fourth-order valence-electron chi connectivity index (χ4n) is 3.48. The number of anilines is 3. The standard InChI is InChI=1S/C21H24N6O2/c1-3-27(17-7-4-6-16(2)14-17)21-23-19(15-22-24-21)25-9-11-26(12-10-25)20(28)18-8-5-13-29-18/h4-8,13-15H,3,9-12H2,1-2H3. The topological polar surface area (TPSA) is 78.6 Å². The second-order valence-corrected chi connectivity index (χ2v) is 6.95. The number of carbonyl (C=O) groups is 1. The van der Waals surface area contributed by atoms with E-state index in [0.717, 1.165) is 18.1 Å². The summed E-state index contributed by atoms with van der Waals surface area (Å²) in [5.41, 5.74) is 2.22. The van der Waals surface area contributed by atoms with Gasteiger partial charge in [-0.25, -0.2) is 0 Å². The number of aromatic nitrogens is 3. The van der Waals surface area contributed by atoms with Crippen LogP contribution in [-0.2, 0) is 0 Å². The predicted molar refractivity (Wildman–Crippen MR) is 111 cm³/mol. The summed E-state index contributed by atoms with van der Waals surface area (Å²) < 4.78 is 5.22. The monoisotopic (exact) mass is 392 g/mol. The second kappa shape index (κ2) is 8.30. The second-order valence-electron chi connectivity index (χ2n) is 6.95. The molecule has 1 fully saturated rings. The number of furan rings is 1. The summed E-state index contributed by atoms with van der Waals surface area (Å²) in [7, 11) is 0. The zero-order chi connectivity index (χ0) is 20.2. The Kier molecular flexibility index (Phi) is 5.41. The van der Waals surface area contributed by atoms with Gasteiger partial charge in [-0.1, -0.05) is 12.1 Å². The Morgan fingerprint density at radius 3 is 2.69 bits per heavy atom. The molecule has 3 heterocycles. The molecule has 8 heteroatoms. The maximum Gasteiger partial charge on any atom is 0.289 e. The van der Waals surface area contributed by atoms with Crippen LogP contribution in [0.3, 0.4) is 0 Å². The van der Waals surface area contributed by atoms with Crippen molar-refractivity contribution >= 4 is 23.4 Å². The van der Waals surface area contributed by atoms with Crippen LogP contribution in [0.25, 0.3) is 0 Å². The number of hydrogen-bond acceptors (Lipinski definition) is 7. The molecule has 2 aromatic heterocycles. The van der Waals surface area contributed by atoms with Gasteiger partial charge in [0.1, 0.15) is 0 Å². The summed E-state index contributed by atoms with van der Waals surface area (Å²) in [6, 6.07) is 11.7. The van der Waals surface area contributed by atoms with Gasteiger partial charge in [-0.2, -0.15) is 10.1 Å². The van der Waals surface area contributed by atoms with Crippen LogP contribution in [0.1, 0.15) is 23.0 Å². The first kappa shape index (κ1) is 18.9. The number of aryl methyl sites for hydroxylation is 1. The van der Waals surface area contributed by atoms with Gasteiger partial charge in [0.05, 0.1) is 12.5 Å². The van der Waals surface area contributed by atoms with Gasteiger partial charge in [-0.05, 0) is 43.7 Å². The Morgan fingerprint density at radius 2 is 2.00 bits per heavy atom. The minimum Gasteiger partial charge on any atom is -0.459 e. The lowest BCUT2D eigenvalue weighted by Gasteiger charge is -2.35. The van der Waals surface area contributed by atoms with Crippen molar-refractivity contribution in [3.8, 4) is 0 Å². The maximum atomic E-state index is 12.4. The van der Waals surface area contributed by atoms with Crippen LogP contribution in [0, 0.1) is 6.92 Å². The maximum absolute atomic E-state index is 12.4. The van der Waals surface area contributed by atoms with E-state index in [4.69, 9.17) is 9.40 Å². The first-order valence-electron chi connectivity index (χ1n) is 9.77. The van der Waals surface area contributed by atoms with Gasteiger partial charge in [0.15, 0.2) is 11.6 Å². The summed E-state index contributed by atoms with van der Waals surface area (Å²) in [6.07, 6.45) is 3.20. The molecule has 0 N–H and O–H groups in total. The van der Waals surface area contributed by atoms with Gasteiger partial charge in [-0.3, -0.25) is 4.79 Å². The molecule has 29 heavy (non-hydrogen) atoms. The largest absolute Gasteiger partial charge is 0.459 e. The molecule has 0 saturated carbocycles. The van der Waals surface area contributed by atoms with Crippen molar-refractivity contribution in [2.24, 2.45) is 0 Å². The molecule has 3 aromatic rings. The van der Waals surface area contributed by atoms with E-state index in [9.17, 15) is 4.79 Å². The zero-order valence-electron chi connectivity index (χ0n) is 16.7. The molecule has 0 spiro atoms. The van der Waals surface area contributed by atoms with Crippen molar-refractivity contribution in [3.05, 3.63) is 60.2 Å². The minimum atomic E-state index is -0.0762. The number of benzene rings is 1. The molecule has 0 atom stereocenters. The Labute approximate surface area is 169 Å². The lowest BCUT2D eigenvalue weighted by atomic mass is 10.2. The summed E-state index contributed by atoms with van der Waals surface area (Å²) in [5, 5.41) is 8.43. The first-order chi connectivity index (χ1) is 14.2. The molecular weight excluding hydrogens is 368 g/mol. The van der Waals surface area contributed by atoms with Crippen LogP contribution in [0.4, 0.5) is 17.5 Å². The average molecular weight is 392 g/mol. The number of rotatable bonds is 5. The molecule has 1 aliphatic rings. The Morgan fingerprint density at radius 1 is 1.17 bits per heavy atom. The molecule has 4 rings (SSSR count). The fraction of sp³-hybridized carbons (Fsp3) is 0.333. The van der Waals surface area contributed by atoms with E-state index < -0.39 is 0 Å². The third-order valence-corrected chi connectivity index (χ3v) is 5.03. The average Bonchev–Trinajstić information content (AvgIpc) is 3.29. The van der Waals surface area contributed by atoms with Gasteiger partial charge >= 0.3 is 0 Å². The number of nitrogens with zero attached hydrogens (tertiary/aromatic N) is 6. The lowest BCUT2D eigenvalue weighted by molar-refractivity contribution is 0.0714. The van der Waals surface area contributed by atoms with E-state index in [1.807, 2.05) is 17.0 Å². The van der Waals surface area contributed by atoms with E-state index in [-0.39, 0.29) is 5.91 Å². The molecule has 0 unspecified atom stereocenters. The number of piperazine rings is 1. The van der Waals surface area contributed by atoms with Crippen LogP contribution < -0.4 is 9.80 Å². The van der Waals surface area contributed by atoms with E-state index in [1.165, 1.54) is 11.8 Å². The summed E-state index contributed by atoms with van der Waals surface area (Å²) >= 11 is 0. The molecule has 0 bridgehead atoms. The Bertz CT molecular complexity index is 967. The van der Waals surface area contributed by atoms with Crippen molar-refractivity contribution in [3.63, 3.8) is 0 Å². The van der Waals surface area contributed by atoms with Gasteiger partial charge < -0.3 is 19.1 Å². The molecule has 1 aliphatic heterocycles. The van der Waals surface area contributed by atoms with Crippen LogP contribution in [0.5, 0.6) is 0 Å². The van der Waals surface area contributed by atoms with Gasteiger partial charge in [0, 0.05) is 38.4 Å². The van der Waals surface area contributed by atoms with E-state index in [0.29, 0.717) is 37.9 Å². The molecule has 1 aromatic carbocycles. The zero-order valence-corrected chi connectivity index (χ0v) is 16.7. The van der Waals surface area contributed by atoms with Crippen molar-refractivity contribution in [1.82, 2.24) is 20.1 Å². The summed E-state index contributed by atoms with van der Waals surface area (Å²) in [5.74, 6) is 1.64. The van der Waals surface area contributed by atoms with Gasteiger partial charge in [0.25, 0.3) is 11.9 Å². The van der Waals surface area contributed by atoms with Gasteiger partial charge in [-0.15, -0.1) is 5.10 Å². The highest BCUT2D eigenvalue weighted by Gasteiger charge is 2.25. The number of amides is 1. The quantitative estimate of drug-likeness (QED) is 0.660. The molecule has 1 saturated heterocycles. The highest BCUT2D eigenvalue weighted by atomic mass is 16.3. The van der Waals surface area contributed by atoms with E-state index in [1.54, 1.807) is 23.2 Å². The summed E-state index contributed by atoms with van der Waals surface area (Å²) in [6.45, 7) is 7.44. The van der Waals surface area contributed by atoms with Crippen LogP contribution >= 0.6 is 0 Å². The Balaban J connectivity index is 1.47. The third-order valence-electron chi connectivity index (χ3n) is 5.03. The van der Waals surface area contributed by atoms with Crippen LogP contribution in [0.2, 0.25) is 0 Å². The van der Waals surface area contributed by atoms with Crippen molar-refractivity contribution in [2.45, 2.75) is 13.8 Å². The number of hydrogen-bond donors (Lipinski definition) is 0. The van der Waals surface area contributed by atoms with Crippen LogP contribution in [-0.4, -0.2) is 58.7 Å². The first-order valence-corrected chi connectivity index (χ1v) is 9.77. The SMILES string of the molecule is CCN(c1cccc(C)c1)c1nncc(N2CCN(C(=O)c3ccco3)CC2)n1. The Hall–Kier alpha value is -3.42. The molecule has 0 radical (unpaired) electrons. The molecule has 0 aliphatic carbocycles. The smallest absolute Gasteiger partial charge is 0.289 e. The molecular formula is C21H24N6O2. The fourth-order valence-corrected chi connectivity index (χ4v) is 3.48. The van der Waals surface area contributed by atoms with Crippen molar-refractivity contribution in [2.75, 3.05) is 42.5 Å². The molecule has 150 valence electrons.